The van der Waals surface area contributed by atoms with Gasteiger partial charge in [0.1, 0.15) is 0 Å². The normalized spacial score (nSPS) is 11.7. The van der Waals surface area contributed by atoms with Gasteiger partial charge in [0.25, 0.3) is 11.4 Å². The number of carboxylic acid groups (broad SMARTS) is 1. The van der Waals surface area contributed by atoms with E-state index >= 15 is 0 Å². The fraction of sp³-hybridized carbons (Fsp3) is 0.133. The first kappa shape index (κ1) is 16.1. The average Bonchev–Trinajstić information content (AvgIpc) is 2.52. The fourth-order valence-corrected chi connectivity index (χ4v) is 2.27. The Balaban J connectivity index is 2.48. The maximum absolute atomic E-state index is 11.4. The predicted octanol–water partition coefficient (Wildman–Crippen LogP) is 1.58. The Morgan fingerprint density at radius 2 is 1.65 bits per heavy atom. The van der Waals surface area contributed by atoms with Crippen molar-refractivity contribution in [2.75, 3.05) is 0 Å². The first-order chi connectivity index (χ1) is 10.9. The molecule has 8 nitrogen and oxygen atoms in total. The number of non-ortho nitro benzene ring substituents is 1. The molecule has 0 aliphatic rings. The van der Waals surface area contributed by atoms with Gasteiger partial charge in [-0.05, 0) is 18.1 Å². The number of hydrogen-bond donors (Lipinski definition) is 0. The molecule has 0 saturated carbocycles. The first-order valence-electron chi connectivity index (χ1n) is 6.57. The van der Waals surface area contributed by atoms with Crippen molar-refractivity contribution < 1.29 is 19.7 Å². The third-order valence-corrected chi connectivity index (χ3v) is 3.36. The highest BCUT2D eigenvalue weighted by molar-refractivity contribution is 5.77. The first-order valence-corrected chi connectivity index (χ1v) is 6.57. The maximum Gasteiger partial charge on any atom is 0.280 e. The number of carbonyl (C=O) groups excluding carboxylic acids is 1. The van der Waals surface area contributed by atoms with Gasteiger partial charge in [0.15, 0.2) is 0 Å². The van der Waals surface area contributed by atoms with Crippen molar-refractivity contribution in [2.45, 2.75) is 12.3 Å². The molecule has 8 heteroatoms. The second kappa shape index (κ2) is 6.65. The minimum atomic E-state index is -1.48. The van der Waals surface area contributed by atoms with E-state index in [-0.39, 0.29) is 12.0 Å². The van der Waals surface area contributed by atoms with Gasteiger partial charge in [-0.25, -0.2) is 0 Å². The summed E-state index contributed by atoms with van der Waals surface area (Å²) in [6, 6.07) is 11.5. The van der Waals surface area contributed by atoms with Gasteiger partial charge in [0, 0.05) is 23.5 Å². The van der Waals surface area contributed by atoms with E-state index in [2.05, 4.69) is 0 Å². The number of benzene rings is 2. The SMILES string of the molecule is O=C([O-])C(Cc1ccccc1)c1ccc([N+](=O)[O-])cc1[N+](=O)[O-]. The molecule has 118 valence electrons. The van der Waals surface area contributed by atoms with Gasteiger partial charge in [-0.1, -0.05) is 30.3 Å². The summed E-state index contributed by atoms with van der Waals surface area (Å²) in [5.74, 6) is -2.76. The van der Waals surface area contributed by atoms with E-state index in [4.69, 9.17) is 0 Å². The van der Waals surface area contributed by atoms with Crippen molar-refractivity contribution in [1.82, 2.24) is 0 Å². The van der Waals surface area contributed by atoms with Crippen LogP contribution < -0.4 is 5.11 Å². The second-order valence-corrected chi connectivity index (χ2v) is 4.82. The van der Waals surface area contributed by atoms with Crippen LogP contribution in [0.1, 0.15) is 17.0 Å². The van der Waals surface area contributed by atoms with Crippen LogP contribution in [0.15, 0.2) is 48.5 Å². The smallest absolute Gasteiger partial charge is 0.280 e. The lowest BCUT2D eigenvalue weighted by Crippen LogP contribution is -2.31. The molecule has 0 fully saturated rings. The van der Waals surface area contributed by atoms with E-state index in [1.807, 2.05) is 0 Å². The summed E-state index contributed by atoms with van der Waals surface area (Å²) >= 11 is 0. The molecular weight excluding hydrogens is 304 g/mol. The van der Waals surface area contributed by atoms with Crippen molar-refractivity contribution in [3.63, 3.8) is 0 Å². The van der Waals surface area contributed by atoms with Crippen molar-refractivity contribution in [2.24, 2.45) is 0 Å². The zero-order valence-corrected chi connectivity index (χ0v) is 11.7. The van der Waals surface area contributed by atoms with Gasteiger partial charge < -0.3 is 9.90 Å². The number of rotatable bonds is 6. The highest BCUT2D eigenvalue weighted by atomic mass is 16.6. The largest absolute Gasteiger partial charge is 0.549 e. The molecule has 0 aliphatic heterocycles. The summed E-state index contributed by atoms with van der Waals surface area (Å²) in [6.45, 7) is 0. The maximum atomic E-state index is 11.4. The summed E-state index contributed by atoms with van der Waals surface area (Å²) in [7, 11) is 0. The highest BCUT2D eigenvalue weighted by Gasteiger charge is 2.26. The van der Waals surface area contributed by atoms with E-state index in [0.717, 1.165) is 18.2 Å². The Bertz CT molecular complexity index is 760. The molecule has 0 spiro atoms. The number of nitrogens with zero attached hydrogens (tertiary/aromatic N) is 2. The molecule has 0 amide bonds. The van der Waals surface area contributed by atoms with E-state index in [0.29, 0.717) is 5.56 Å². The van der Waals surface area contributed by atoms with Crippen LogP contribution in [0.2, 0.25) is 0 Å². The third-order valence-electron chi connectivity index (χ3n) is 3.36. The summed E-state index contributed by atoms with van der Waals surface area (Å²) in [5.41, 5.74) is -0.541. The van der Waals surface area contributed by atoms with Gasteiger partial charge in [0.05, 0.1) is 15.9 Å². The zero-order valence-electron chi connectivity index (χ0n) is 11.7. The zero-order chi connectivity index (χ0) is 17.0. The number of carbonyl (C=O) groups is 1. The Morgan fingerprint density at radius 1 is 1.00 bits per heavy atom. The van der Waals surface area contributed by atoms with Gasteiger partial charge in [-0.3, -0.25) is 20.2 Å². The van der Waals surface area contributed by atoms with Crippen molar-refractivity contribution in [3.05, 3.63) is 79.9 Å². The minimum absolute atomic E-state index is 0.0121. The highest BCUT2D eigenvalue weighted by Crippen LogP contribution is 2.32. The van der Waals surface area contributed by atoms with Crippen LogP contribution in [-0.2, 0) is 11.2 Å². The Kier molecular flexibility index (Phi) is 4.65. The molecule has 0 saturated heterocycles. The predicted molar refractivity (Wildman–Crippen MR) is 77.6 cm³/mol. The molecule has 2 rings (SSSR count). The van der Waals surface area contributed by atoms with Crippen molar-refractivity contribution in [3.8, 4) is 0 Å². The monoisotopic (exact) mass is 315 g/mol. The number of nitro groups is 2. The fourth-order valence-electron chi connectivity index (χ4n) is 2.27. The number of carboxylic acids is 1. The molecule has 0 radical (unpaired) electrons. The molecular formula is C15H11N2O6-. The lowest BCUT2D eigenvalue weighted by Gasteiger charge is -2.18. The summed E-state index contributed by atoms with van der Waals surface area (Å²) in [6.07, 6.45) is -0.0121. The quantitative estimate of drug-likeness (QED) is 0.588. The van der Waals surface area contributed by atoms with E-state index < -0.39 is 33.1 Å². The van der Waals surface area contributed by atoms with Gasteiger partial charge in [-0.15, -0.1) is 0 Å². The minimum Gasteiger partial charge on any atom is -0.549 e. The topological polar surface area (TPSA) is 126 Å². The van der Waals surface area contributed by atoms with Crippen molar-refractivity contribution in [1.29, 1.82) is 0 Å². The van der Waals surface area contributed by atoms with Crippen LogP contribution in [0.25, 0.3) is 0 Å². The van der Waals surface area contributed by atoms with Crippen LogP contribution in [0.5, 0.6) is 0 Å². The van der Waals surface area contributed by atoms with Gasteiger partial charge >= 0.3 is 0 Å². The van der Waals surface area contributed by atoms with E-state index in [1.165, 1.54) is 0 Å². The van der Waals surface area contributed by atoms with Crippen LogP contribution >= 0.6 is 0 Å². The molecule has 0 N–H and O–H groups in total. The third kappa shape index (κ3) is 3.67. The van der Waals surface area contributed by atoms with Crippen LogP contribution in [0, 0.1) is 20.2 Å². The standard InChI is InChI=1S/C15H12N2O6/c18-15(19)13(8-10-4-2-1-3-5-10)12-7-6-11(16(20)21)9-14(12)17(22)23/h1-7,9,13H,8H2,(H,18,19)/p-1. The van der Waals surface area contributed by atoms with Crippen LogP contribution in [0.3, 0.4) is 0 Å². The number of aliphatic carboxylic acids is 1. The molecule has 2 aromatic rings. The molecule has 0 aliphatic carbocycles. The number of nitro benzene ring substituents is 2. The summed E-state index contributed by atoms with van der Waals surface area (Å²) in [5, 5.41) is 33.3. The Morgan fingerprint density at radius 3 is 2.17 bits per heavy atom. The molecule has 2 aromatic carbocycles. The molecule has 1 unspecified atom stereocenters. The average molecular weight is 315 g/mol. The number of hydrogen-bond acceptors (Lipinski definition) is 6. The van der Waals surface area contributed by atoms with E-state index in [9.17, 15) is 30.1 Å². The molecule has 23 heavy (non-hydrogen) atoms. The lowest BCUT2D eigenvalue weighted by atomic mass is 9.90. The molecule has 0 aromatic heterocycles. The Hall–Kier alpha value is -3.29. The molecule has 0 bridgehead atoms. The summed E-state index contributed by atoms with van der Waals surface area (Å²) in [4.78, 5) is 31.7. The van der Waals surface area contributed by atoms with Crippen LogP contribution in [-0.4, -0.2) is 15.8 Å². The van der Waals surface area contributed by atoms with Crippen LogP contribution in [0.4, 0.5) is 11.4 Å². The Labute approximate surface area is 130 Å². The van der Waals surface area contributed by atoms with E-state index in [1.54, 1.807) is 30.3 Å². The summed E-state index contributed by atoms with van der Waals surface area (Å²) < 4.78 is 0. The molecule has 1 atom stereocenters. The van der Waals surface area contributed by atoms with Gasteiger partial charge in [0.2, 0.25) is 0 Å². The lowest BCUT2D eigenvalue weighted by molar-refractivity contribution is -0.394. The second-order valence-electron chi connectivity index (χ2n) is 4.82. The van der Waals surface area contributed by atoms with Crippen molar-refractivity contribution >= 4 is 17.3 Å². The van der Waals surface area contributed by atoms with Gasteiger partial charge in [-0.2, -0.15) is 0 Å². The molecule has 0 heterocycles.